The molecule has 102 valence electrons. The standard InChI is InChI=1S/C16H27NO/c1-6-11-17-13(3)14-9-8-10-15(12-14)18-16(4,5)7-2/h8-10,12-13,17H,6-7,11H2,1-5H3. The molecule has 1 atom stereocenters. The van der Waals surface area contributed by atoms with Crippen molar-refractivity contribution in [2.24, 2.45) is 0 Å². The van der Waals surface area contributed by atoms with E-state index in [1.807, 2.05) is 6.07 Å². The van der Waals surface area contributed by atoms with Gasteiger partial charge in [-0.15, -0.1) is 0 Å². The van der Waals surface area contributed by atoms with Gasteiger partial charge in [0.25, 0.3) is 0 Å². The zero-order valence-electron chi connectivity index (χ0n) is 12.4. The maximum atomic E-state index is 6.02. The molecule has 18 heavy (non-hydrogen) atoms. The van der Waals surface area contributed by atoms with Crippen LogP contribution in [0.5, 0.6) is 5.75 Å². The maximum absolute atomic E-state index is 6.02. The Kier molecular flexibility index (Phi) is 5.67. The van der Waals surface area contributed by atoms with E-state index < -0.39 is 0 Å². The average Bonchev–Trinajstić information content (AvgIpc) is 2.35. The van der Waals surface area contributed by atoms with Crippen molar-refractivity contribution in [3.8, 4) is 5.75 Å². The van der Waals surface area contributed by atoms with Gasteiger partial charge in [-0.3, -0.25) is 0 Å². The van der Waals surface area contributed by atoms with Gasteiger partial charge in [0.1, 0.15) is 11.4 Å². The number of benzene rings is 1. The minimum absolute atomic E-state index is 0.0985. The van der Waals surface area contributed by atoms with E-state index in [2.05, 4.69) is 58.1 Å². The van der Waals surface area contributed by atoms with Crippen LogP contribution in [0.3, 0.4) is 0 Å². The highest BCUT2D eigenvalue weighted by Gasteiger charge is 2.17. The van der Waals surface area contributed by atoms with E-state index in [4.69, 9.17) is 4.74 Å². The third-order valence-corrected chi connectivity index (χ3v) is 3.30. The molecule has 0 aromatic heterocycles. The van der Waals surface area contributed by atoms with E-state index in [1.54, 1.807) is 0 Å². The van der Waals surface area contributed by atoms with Crippen LogP contribution in [0.15, 0.2) is 24.3 Å². The lowest BCUT2D eigenvalue weighted by molar-refractivity contribution is 0.105. The Morgan fingerprint density at radius 2 is 2.00 bits per heavy atom. The smallest absolute Gasteiger partial charge is 0.120 e. The van der Waals surface area contributed by atoms with E-state index in [9.17, 15) is 0 Å². The van der Waals surface area contributed by atoms with Gasteiger partial charge in [0.05, 0.1) is 0 Å². The van der Waals surface area contributed by atoms with Gasteiger partial charge in [-0.1, -0.05) is 26.0 Å². The molecule has 0 fully saturated rings. The number of hydrogen-bond donors (Lipinski definition) is 1. The molecule has 2 heteroatoms. The number of ether oxygens (including phenoxy) is 1. The first kappa shape index (κ1) is 15.0. The summed E-state index contributed by atoms with van der Waals surface area (Å²) in [6.45, 7) is 11.8. The molecule has 1 aromatic rings. The molecule has 1 rings (SSSR count). The molecule has 2 nitrogen and oxygen atoms in total. The molecule has 0 amide bonds. The van der Waals surface area contributed by atoms with Crippen LogP contribution < -0.4 is 10.1 Å². The second-order valence-electron chi connectivity index (χ2n) is 5.46. The normalized spacial score (nSPS) is 13.4. The van der Waals surface area contributed by atoms with Crippen LogP contribution in [0.1, 0.15) is 59.1 Å². The molecule has 0 radical (unpaired) electrons. The molecule has 0 saturated carbocycles. The predicted octanol–water partition coefficient (Wildman–Crippen LogP) is 4.31. The minimum atomic E-state index is -0.0985. The van der Waals surface area contributed by atoms with Crippen molar-refractivity contribution in [3.05, 3.63) is 29.8 Å². The van der Waals surface area contributed by atoms with Crippen molar-refractivity contribution in [2.75, 3.05) is 6.54 Å². The van der Waals surface area contributed by atoms with Crippen molar-refractivity contribution in [2.45, 2.75) is 59.1 Å². The third-order valence-electron chi connectivity index (χ3n) is 3.30. The van der Waals surface area contributed by atoms with Gasteiger partial charge in [0, 0.05) is 6.04 Å². The Labute approximate surface area is 112 Å². The van der Waals surface area contributed by atoms with E-state index in [1.165, 1.54) is 5.56 Å². The number of nitrogens with one attached hydrogen (secondary N) is 1. The molecule has 1 aromatic carbocycles. The molecule has 0 bridgehead atoms. The van der Waals surface area contributed by atoms with Gasteiger partial charge in [-0.05, 0) is 57.9 Å². The molecule has 0 aliphatic heterocycles. The fourth-order valence-electron chi connectivity index (χ4n) is 1.72. The Balaban J connectivity index is 2.73. The Morgan fingerprint density at radius 1 is 1.28 bits per heavy atom. The van der Waals surface area contributed by atoms with Crippen LogP contribution in [0, 0.1) is 0 Å². The van der Waals surface area contributed by atoms with E-state index >= 15 is 0 Å². The summed E-state index contributed by atoms with van der Waals surface area (Å²) >= 11 is 0. The fourth-order valence-corrected chi connectivity index (χ4v) is 1.72. The molecule has 0 saturated heterocycles. The third kappa shape index (κ3) is 4.69. The summed E-state index contributed by atoms with van der Waals surface area (Å²) in [5.41, 5.74) is 1.19. The first-order chi connectivity index (χ1) is 8.48. The quantitative estimate of drug-likeness (QED) is 0.777. The second kappa shape index (κ2) is 6.79. The first-order valence-electron chi connectivity index (χ1n) is 7.01. The summed E-state index contributed by atoms with van der Waals surface area (Å²) in [4.78, 5) is 0. The maximum Gasteiger partial charge on any atom is 0.120 e. The van der Waals surface area contributed by atoms with Crippen molar-refractivity contribution in [1.82, 2.24) is 5.32 Å². The van der Waals surface area contributed by atoms with Gasteiger partial charge < -0.3 is 10.1 Å². The van der Waals surface area contributed by atoms with Gasteiger partial charge in [-0.2, -0.15) is 0 Å². The average molecular weight is 249 g/mol. The molecular weight excluding hydrogens is 222 g/mol. The zero-order valence-corrected chi connectivity index (χ0v) is 12.4. The van der Waals surface area contributed by atoms with Crippen molar-refractivity contribution in [3.63, 3.8) is 0 Å². The number of hydrogen-bond acceptors (Lipinski definition) is 2. The lowest BCUT2D eigenvalue weighted by Gasteiger charge is -2.25. The summed E-state index contributed by atoms with van der Waals surface area (Å²) in [5.74, 6) is 0.962. The van der Waals surface area contributed by atoms with Gasteiger partial charge in [-0.25, -0.2) is 0 Å². The second-order valence-corrected chi connectivity index (χ2v) is 5.46. The highest BCUT2D eigenvalue weighted by molar-refractivity contribution is 5.30. The molecule has 0 heterocycles. The Morgan fingerprint density at radius 3 is 2.61 bits per heavy atom. The number of rotatable bonds is 7. The van der Waals surface area contributed by atoms with E-state index in [-0.39, 0.29) is 5.60 Å². The van der Waals surface area contributed by atoms with Gasteiger partial charge in [0.2, 0.25) is 0 Å². The monoisotopic (exact) mass is 249 g/mol. The molecule has 0 spiro atoms. The van der Waals surface area contributed by atoms with Crippen LogP contribution >= 0.6 is 0 Å². The Bertz CT molecular complexity index is 360. The van der Waals surface area contributed by atoms with Crippen molar-refractivity contribution < 1.29 is 4.74 Å². The molecular formula is C16H27NO. The summed E-state index contributed by atoms with van der Waals surface area (Å²) in [7, 11) is 0. The van der Waals surface area contributed by atoms with E-state index in [0.29, 0.717) is 6.04 Å². The summed E-state index contributed by atoms with van der Waals surface area (Å²) in [6.07, 6.45) is 2.16. The van der Waals surface area contributed by atoms with E-state index in [0.717, 1.165) is 25.1 Å². The van der Waals surface area contributed by atoms with Crippen LogP contribution in [0.25, 0.3) is 0 Å². The SMILES string of the molecule is CCCNC(C)c1cccc(OC(C)(C)CC)c1. The predicted molar refractivity (Wildman–Crippen MR) is 78.1 cm³/mol. The van der Waals surface area contributed by atoms with Gasteiger partial charge in [0.15, 0.2) is 0 Å². The highest BCUT2D eigenvalue weighted by atomic mass is 16.5. The Hall–Kier alpha value is -1.02. The van der Waals surface area contributed by atoms with Gasteiger partial charge >= 0.3 is 0 Å². The van der Waals surface area contributed by atoms with Crippen molar-refractivity contribution in [1.29, 1.82) is 0 Å². The topological polar surface area (TPSA) is 21.3 Å². The molecule has 0 aliphatic carbocycles. The van der Waals surface area contributed by atoms with Crippen LogP contribution in [0.4, 0.5) is 0 Å². The fraction of sp³-hybridized carbons (Fsp3) is 0.625. The first-order valence-corrected chi connectivity index (χ1v) is 7.01. The largest absolute Gasteiger partial charge is 0.488 e. The molecule has 1 unspecified atom stereocenters. The zero-order chi connectivity index (χ0) is 13.6. The summed E-state index contributed by atoms with van der Waals surface area (Å²) in [6, 6.07) is 8.77. The van der Waals surface area contributed by atoms with Crippen LogP contribution in [-0.2, 0) is 0 Å². The summed E-state index contributed by atoms with van der Waals surface area (Å²) in [5, 5.41) is 3.50. The molecule has 0 aliphatic rings. The van der Waals surface area contributed by atoms with Crippen LogP contribution in [0.2, 0.25) is 0 Å². The van der Waals surface area contributed by atoms with Crippen molar-refractivity contribution >= 4 is 0 Å². The summed E-state index contributed by atoms with van der Waals surface area (Å²) < 4.78 is 6.02. The lowest BCUT2D eigenvalue weighted by Crippen LogP contribution is -2.27. The van der Waals surface area contributed by atoms with Crippen LogP contribution in [-0.4, -0.2) is 12.1 Å². The minimum Gasteiger partial charge on any atom is -0.488 e. The molecule has 1 N–H and O–H groups in total. The lowest BCUT2D eigenvalue weighted by atomic mass is 10.1. The highest BCUT2D eigenvalue weighted by Crippen LogP contribution is 2.24.